The Morgan fingerprint density at radius 1 is 0.971 bits per heavy atom. The van der Waals surface area contributed by atoms with E-state index in [1.807, 2.05) is 85.6 Å². The number of rotatable bonds is 8. The lowest BCUT2D eigenvalue weighted by Gasteiger charge is -2.08. The SMILES string of the molecule is Cc1ccc(-n2nc(C)c(CC(=O)NCCCc3cn(-c4ccccc4)nc3C)c2C)cc1Cl. The van der Waals surface area contributed by atoms with Crippen molar-refractivity contribution in [3.8, 4) is 11.4 Å². The van der Waals surface area contributed by atoms with Crippen LogP contribution in [-0.2, 0) is 17.6 Å². The van der Waals surface area contributed by atoms with Crippen molar-refractivity contribution in [3.63, 3.8) is 0 Å². The second kappa shape index (κ2) is 10.3. The summed E-state index contributed by atoms with van der Waals surface area (Å²) in [5, 5.41) is 13.0. The normalized spacial score (nSPS) is 11.1. The minimum atomic E-state index is 0.00407. The van der Waals surface area contributed by atoms with E-state index >= 15 is 0 Å². The lowest BCUT2D eigenvalue weighted by Crippen LogP contribution is -2.26. The summed E-state index contributed by atoms with van der Waals surface area (Å²) < 4.78 is 3.77. The van der Waals surface area contributed by atoms with Crippen molar-refractivity contribution in [2.45, 2.75) is 47.0 Å². The third-order valence-electron chi connectivity index (χ3n) is 6.14. The van der Waals surface area contributed by atoms with Crippen molar-refractivity contribution in [2.24, 2.45) is 0 Å². The van der Waals surface area contributed by atoms with E-state index in [-0.39, 0.29) is 5.91 Å². The van der Waals surface area contributed by atoms with Crippen molar-refractivity contribution in [3.05, 3.63) is 93.5 Å². The number of benzene rings is 2. The average molecular weight is 476 g/mol. The monoisotopic (exact) mass is 475 g/mol. The second-order valence-corrected chi connectivity index (χ2v) is 9.05. The molecule has 0 fully saturated rings. The molecule has 0 unspecified atom stereocenters. The van der Waals surface area contributed by atoms with Crippen LogP contribution < -0.4 is 5.32 Å². The summed E-state index contributed by atoms with van der Waals surface area (Å²) in [6.45, 7) is 8.55. The summed E-state index contributed by atoms with van der Waals surface area (Å²) in [6, 6.07) is 16.0. The van der Waals surface area contributed by atoms with Gasteiger partial charge in [-0.15, -0.1) is 0 Å². The molecule has 2 heterocycles. The van der Waals surface area contributed by atoms with Crippen molar-refractivity contribution < 1.29 is 4.79 Å². The first-order chi connectivity index (χ1) is 16.3. The van der Waals surface area contributed by atoms with Crippen LogP contribution in [0.15, 0.2) is 54.7 Å². The molecule has 0 saturated carbocycles. The maximum absolute atomic E-state index is 12.6. The number of hydrogen-bond acceptors (Lipinski definition) is 3. The summed E-state index contributed by atoms with van der Waals surface area (Å²) in [5.41, 5.74) is 7.94. The molecule has 0 aliphatic carbocycles. The first kappa shape index (κ1) is 23.8. The topological polar surface area (TPSA) is 64.7 Å². The van der Waals surface area contributed by atoms with Crippen LogP contribution in [0.2, 0.25) is 5.02 Å². The van der Waals surface area contributed by atoms with E-state index < -0.39 is 0 Å². The number of halogens is 1. The quantitative estimate of drug-likeness (QED) is 0.354. The molecule has 0 atom stereocenters. The molecule has 2 aromatic heterocycles. The van der Waals surface area contributed by atoms with Crippen LogP contribution in [0.5, 0.6) is 0 Å². The molecule has 4 rings (SSSR count). The van der Waals surface area contributed by atoms with Crippen molar-refractivity contribution in [1.82, 2.24) is 24.9 Å². The van der Waals surface area contributed by atoms with Gasteiger partial charge in [-0.3, -0.25) is 4.79 Å². The van der Waals surface area contributed by atoms with E-state index in [1.165, 1.54) is 5.56 Å². The van der Waals surface area contributed by atoms with Gasteiger partial charge in [-0.25, -0.2) is 9.36 Å². The molecule has 0 spiro atoms. The van der Waals surface area contributed by atoms with E-state index in [4.69, 9.17) is 11.6 Å². The number of nitrogens with zero attached hydrogens (tertiary/aromatic N) is 4. The molecule has 0 aliphatic heterocycles. The largest absolute Gasteiger partial charge is 0.356 e. The number of amides is 1. The molecule has 176 valence electrons. The molecule has 0 radical (unpaired) electrons. The van der Waals surface area contributed by atoms with Gasteiger partial charge >= 0.3 is 0 Å². The highest BCUT2D eigenvalue weighted by molar-refractivity contribution is 6.31. The first-order valence-corrected chi connectivity index (χ1v) is 11.9. The number of carbonyl (C=O) groups is 1. The number of carbonyl (C=O) groups excluding carboxylic acids is 1. The molecule has 0 bridgehead atoms. The third kappa shape index (κ3) is 5.23. The fourth-order valence-electron chi connectivity index (χ4n) is 4.08. The van der Waals surface area contributed by atoms with Gasteiger partial charge in [-0.05, 0) is 75.9 Å². The zero-order valence-electron chi connectivity index (χ0n) is 20.1. The van der Waals surface area contributed by atoms with E-state index in [0.717, 1.165) is 52.4 Å². The lowest BCUT2D eigenvalue weighted by molar-refractivity contribution is -0.120. The van der Waals surface area contributed by atoms with Crippen LogP contribution in [0.1, 0.15) is 40.2 Å². The van der Waals surface area contributed by atoms with Gasteiger partial charge in [0.25, 0.3) is 0 Å². The Hall–Kier alpha value is -3.38. The Labute approximate surface area is 205 Å². The fraction of sp³-hybridized carbons (Fsp3) is 0.296. The standard InChI is InChI=1S/C27H30ClN5O/c1-18-12-13-24(15-26(18)28)33-21(4)25(20(3)31-33)16-27(34)29-14-8-9-22-17-32(30-19(22)2)23-10-6-5-7-11-23/h5-7,10-13,15,17H,8-9,14,16H2,1-4H3,(H,29,34). The molecular weight excluding hydrogens is 446 g/mol. The van der Waals surface area contributed by atoms with Gasteiger partial charge in [0, 0.05) is 29.0 Å². The summed E-state index contributed by atoms with van der Waals surface area (Å²) in [5.74, 6) is 0.00407. The van der Waals surface area contributed by atoms with Crippen LogP contribution in [0, 0.1) is 27.7 Å². The molecular formula is C27H30ClN5O. The van der Waals surface area contributed by atoms with E-state index in [0.29, 0.717) is 18.0 Å². The van der Waals surface area contributed by atoms with Gasteiger partial charge in [0.15, 0.2) is 0 Å². The molecule has 4 aromatic rings. The van der Waals surface area contributed by atoms with Gasteiger partial charge < -0.3 is 5.32 Å². The molecule has 6 nitrogen and oxygen atoms in total. The van der Waals surface area contributed by atoms with Crippen LogP contribution in [0.3, 0.4) is 0 Å². The highest BCUT2D eigenvalue weighted by Gasteiger charge is 2.16. The zero-order valence-corrected chi connectivity index (χ0v) is 20.9. The Kier molecular flexibility index (Phi) is 7.17. The number of nitrogens with one attached hydrogen (secondary N) is 1. The Balaban J connectivity index is 1.32. The van der Waals surface area contributed by atoms with E-state index in [2.05, 4.69) is 21.7 Å². The van der Waals surface area contributed by atoms with Gasteiger partial charge in [-0.1, -0.05) is 35.9 Å². The van der Waals surface area contributed by atoms with Gasteiger partial charge in [-0.2, -0.15) is 10.2 Å². The first-order valence-electron chi connectivity index (χ1n) is 11.5. The number of para-hydroxylation sites is 1. The minimum absolute atomic E-state index is 0.00407. The van der Waals surface area contributed by atoms with Crippen LogP contribution >= 0.6 is 11.6 Å². The van der Waals surface area contributed by atoms with E-state index in [1.54, 1.807) is 0 Å². The fourth-order valence-corrected chi connectivity index (χ4v) is 4.25. The summed E-state index contributed by atoms with van der Waals surface area (Å²) in [7, 11) is 0. The second-order valence-electron chi connectivity index (χ2n) is 8.64. The molecule has 0 aliphatic rings. The molecule has 1 amide bonds. The molecule has 1 N–H and O–H groups in total. The predicted molar refractivity (Wildman–Crippen MR) is 136 cm³/mol. The molecule has 7 heteroatoms. The van der Waals surface area contributed by atoms with Crippen LogP contribution in [0.25, 0.3) is 11.4 Å². The Morgan fingerprint density at radius 3 is 2.47 bits per heavy atom. The van der Waals surface area contributed by atoms with Gasteiger partial charge in [0.2, 0.25) is 5.91 Å². The van der Waals surface area contributed by atoms with Crippen molar-refractivity contribution >= 4 is 17.5 Å². The lowest BCUT2D eigenvalue weighted by atomic mass is 10.1. The minimum Gasteiger partial charge on any atom is -0.356 e. The molecule has 2 aromatic carbocycles. The molecule has 34 heavy (non-hydrogen) atoms. The molecule has 0 saturated heterocycles. The predicted octanol–water partition coefficient (Wildman–Crippen LogP) is 5.24. The number of aromatic nitrogens is 4. The number of aryl methyl sites for hydroxylation is 4. The van der Waals surface area contributed by atoms with Crippen LogP contribution in [0.4, 0.5) is 0 Å². The summed E-state index contributed by atoms with van der Waals surface area (Å²) in [6.07, 6.45) is 4.10. The van der Waals surface area contributed by atoms with Crippen molar-refractivity contribution in [1.29, 1.82) is 0 Å². The average Bonchev–Trinajstić information content (AvgIpc) is 3.33. The van der Waals surface area contributed by atoms with Gasteiger partial charge in [0.1, 0.15) is 0 Å². The summed E-state index contributed by atoms with van der Waals surface area (Å²) in [4.78, 5) is 12.6. The Bertz CT molecular complexity index is 1310. The smallest absolute Gasteiger partial charge is 0.224 e. The summed E-state index contributed by atoms with van der Waals surface area (Å²) >= 11 is 6.29. The Morgan fingerprint density at radius 2 is 1.74 bits per heavy atom. The highest BCUT2D eigenvalue weighted by atomic mass is 35.5. The maximum Gasteiger partial charge on any atom is 0.224 e. The number of hydrogen-bond donors (Lipinski definition) is 1. The zero-order chi connectivity index (χ0) is 24.2. The van der Waals surface area contributed by atoms with Crippen LogP contribution in [-0.4, -0.2) is 32.0 Å². The van der Waals surface area contributed by atoms with Gasteiger partial charge in [0.05, 0.1) is 29.2 Å². The third-order valence-corrected chi connectivity index (χ3v) is 6.55. The maximum atomic E-state index is 12.6. The van der Waals surface area contributed by atoms with Crippen molar-refractivity contribution in [2.75, 3.05) is 6.54 Å². The van der Waals surface area contributed by atoms with E-state index in [9.17, 15) is 4.79 Å². The highest BCUT2D eigenvalue weighted by Crippen LogP contribution is 2.23.